The van der Waals surface area contributed by atoms with Gasteiger partial charge in [-0.3, -0.25) is 14.9 Å². The lowest BCUT2D eigenvalue weighted by atomic mass is 10.3. The molecule has 1 unspecified atom stereocenters. The summed E-state index contributed by atoms with van der Waals surface area (Å²) in [4.78, 5) is 20.6. The predicted octanol–water partition coefficient (Wildman–Crippen LogP) is -0.656. The summed E-state index contributed by atoms with van der Waals surface area (Å²) in [7, 11) is -4.13. The van der Waals surface area contributed by atoms with Crippen LogP contribution in [-0.2, 0) is 14.8 Å². The Balaban J connectivity index is 2.36. The first-order chi connectivity index (χ1) is 9.29. The second-order valence-corrected chi connectivity index (χ2v) is 5.99. The number of rotatable bonds is 4. The molecular weight excluding hydrogens is 288 g/mol. The highest BCUT2D eigenvalue weighted by atomic mass is 32.2. The predicted molar refractivity (Wildman–Crippen MR) is 69.2 cm³/mol. The number of hydrogen-bond donors (Lipinski definition) is 3. The lowest BCUT2D eigenvalue weighted by molar-refractivity contribution is -0.387. The van der Waals surface area contributed by atoms with E-state index in [1.807, 2.05) is 0 Å². The van der Waals surface area contributed by atoms with Crippen molar-refractivity contribution in [3.05, 3.63) is 28.3 Å². The number of carbonyl (C=O) groups is 1. The molecular formula is C10H12N4O5S. The Kier molecular flexibility index (Phi) is 3.59. The lowest BCUT2D eigenvalue weighted by Crippen LogP contribution is -2.36. The molecule has 0 bridgehead atoms. The number of nitrogens with zero attached hydrogens (tertiary/aromatic N) is 1. The summed E-state index contributed by atoms with van der Waals surface area (Å²) in [5.41, 5.74) is 5.00. The van der Waals surface area contributed by atoms with E-state index >= 15 is 0 Å². The van der Waals surface area contributed by atoms with Crippen LogP contribution in [0.15, 0.2) is 23.1 Å². The average molecular weight is 300 g/mol. The number of sulfonamides is 1. The second kappa shape index (κ2) is 5.06. The molecule has 1 aromatic rings. The van der Waals surface area contributed by atoms with Gasteiger partial charge in [-0.2, -0.15) is 0 Å². The topological polar surface area (TPSA) is 144 Å². The highest BCUT2D eigenvalue weighted by molar-refractivity contribution is 7.89. The smallest absolute Gasteiger partial charge is 0.289 e. The average Bonchev–Trinajstić information content (AvgIpc) is 2.73. The Hall–Kier alpha value is -2.20. The van der Waals surface area contributed by atoms with Gasteiger partial charge in [0.05, 0.1) is 4.92 Å². The van der Waals surface area contributed by atoms with Crippen molar-refractivity contribution in [3.63, 3.8) is 0 Å². The van der Waals surface area contributed by atoms with E-state index in [9.17, 15) is 23.3 Å². The normalized spacial score (nSPS) is 18.8. The largest absolute Gasteiger partial charge is 0.399 e. The molecule has 1 atom stereocenters. The van der Waals surface area contributed by atoms with Crippen LogP contribution in [0.1, 0.15) is 6.42 Å². The fraction of sp³-hybridized carbons (Fsp3) is 0.300. The molecule has 2 rings (SSSR count). The zero-order valence-corrected chi connectivity index (χ0v) is 11.0. The quantitative estimate of drug-likeness (QED) is 0.382. The van der Waals surface area contributed by atoms with Crippen molar-refractivity contribution in [1.82, 2.24) is 10.0 Å². The molecule has 1 aliphatic rings. The van der Waals surface area contributed by atoms with E-state index in [1.54, 1.807) is 0 Å². The fourth-order valence-electron chi connectivity index (χ4n) is 1.87. The van der Waals surface area contributed by atoms with Crippen molar-refractivity contribution in [2.24, 2.45) is 0 Å². The minimum atomic E-state index is -4.13. The molecule has 108 valence electrons. The van der Waals surface area contributed by atoms with E-state index in [-0.39, 0.29) is 24.6 Å². The second-order valence-electron chi connectivity index (χ2n) is 4.31. The maximum atomic E-state index is 12.2. The van der Waals surface area contributed by atoms with E-state index in [0.717, 1.165) is 12.1 Å². The summed E-state index contributed by atoms with van der Waals surface area (Å²) in [5.74, 6) is -0.278. The number of hydrogen-bond acceptors (Lipinski definition) is 6. The van der Waals surface area contributed by atoms with Gasteiger partial charge in [-0.15, -0.1) is 0 Å². The van der Waals surface area contributed by atoms with Crippen LogP contribution in [0.2, 0.25) is 0 Å². The van der Waals surface area contributed by atoms with Crippen molar-refractivity contribution in [2.45, 2.75) is 17.4 Å². The van der Waals surface area contributed by atoms with E-state index in [1.165, 1.54) is 6.07 Å². The lowest BCUT2D eigenvalue weighted by Gasteiger charge is -2.11. The summed E-state index contributed by atoms with van der Waals surface area (Å²) < 4.78 is 26.6. The zero-order valence-electron chi connectivity index (χ0n) is 10.2. The first-order valence-corrected chi connectivity index (χ1v) is 7.11. The van der Waals surface area contributed by atoms with E-state index in [4.69, 9.17) is 5.73 Å². The zero-order chi connectivity index (χ0) is 14.9. The number of carbonyl (C=O) groups excluding carboxylic acids is 1. The van der Waals surface area contributed by atoms with Crippen molar-refractivity contribution in [3.8, 4) is 0 Å². The highest BCUT2D eigenvalue weighted by Gasteiger charge is 2.31. The molecule has 9 nitrogen and oxygen atoms in total. The Morgan fingerprint density at radius 2 is 2.15 bits per heavy atom. The third kappa shape index (κ3) is 2.86. The summed E-state index contributed by atoms with van der Waals surface area (Å²) in [5, 5.41) is 13.3. The SMILES string of the molecule is Nc1ccc([N+](=O)[O-])c(S(=O)(=O)NC2CNC(=O)C2)c1. The molecule has 0 spiro atoms. The van der Waals surface area contributed by atoms with Crippen molar-refractivity contribution in [1.29, 1.82) is 0 Å². The summed E-state index contributed by atoms with van der Waals surface area (Å²) in [6.07, 6.45) is -0.00462. The van der Waals surface area contributed by atoms with Gasteiger partial charge in [0.2, 0.25) is 15.9 Å². The monoisotopic (exact) mass is 300 g/mol. The molecule has 4 N–H and O–H groups in total. The van der Waals surface area contributed by atoms with Crippen molar-refractivity contribution >= 4 is 27.3 Å². The number of nitrogen functional groups attached to an aromatic ring is 1. The molecule has 0 aromatic heterocycles. The van der Waals surface area contributed by atoms with Crippen LogP contribution in [0.5, 0.6) is 0 Å². The number of nitro groups is 1. The van der Waals surface area contributed by atoms with Crippen LogP contribution in [0.25, 0.3) is 0 Å². The van der Waals surface area contributed by atoms with Crippen molar-refractivity contribution in [2.75, 3.05) is 12.3 Å². The summed E-state index contributed by atoms with van der Waals surface area (Å²) in [6, 6.07) is 2.67. The molecule has 0 aliphatic carbocycles. The van der Waals surface area contributed by atoms with Gasteiger partial charge in [-0.25, -0.2) is 13.1 Å². The Labute approximate surface area is 114 Å². The highest BCUT2D eigenvalue weighted by Crippen LogP contribution is 2.26. The Morgan fingerprint density at radius 1 is 1.45 bits per heavy atom. The molecule has 1 amide bonds. The van der Waals surface area contributed by atoms with Crippen LogP contribution in [-0.4, -0.2) is 31.8 Å². The van der Waals surface area contributed by atoms with Crippen LogP contribution in [0.3, 0.4) is 0 Å². The molecule has 0 radical (unpaired) electrons. The Morgan fingerprint density at radius 3 is 2.70 bits per heavy atom. The molecule has 1 heterocycles. The number of benzene rings is 1. The van der Waals surface area contributed by atoms with Crippen LogP contribution >= 0.6 is 0 Å². The minimum absolute atomic E-state index is 0.00462. The van der Waals surface area contributed by atoms with Gasteiger partial charge >= 0.3 is 0 Å². The van der Waals surface area contributed by atoms with E-state index < -0.39 is 31.6 Å². The van der Waals surface area contributed by atoms with Crippen LogP contribution < -0.4 is 15.8 Å². The molecule has 0 saturated carbocycles. The van der Waals surface area contributed by atoms with Gasteiger partial charge in [-0.05, 0) is 12.1 Å². The number of anilines is 1. The fourth-order valence-corrected chi connectivity index (χ4v) is 3.31. The molecule has 1 fully saturated rings. The standard InChI is InChI=1S/C10H12N4O5S/c11-6-1-2-8(14(16)17)9(3-6)20(18,19)13-7-4-10(15)12-5-7/h1-3,7,13H,4-5,11H2,(H,12,15). The van der Waals surface area contributed by atoms with E-state index in [0.29, 0.717) is 0 Å². The molecule has 20 heavy (non-hydrogen) atoms. The molecule has 1 aliphatic heterocycles. The summed E-state index contributed by atoms with van der Waals surface area (Å²) >= 11 is 0. The summed E-state index contributed by atoms with van der Waals surface area (Å²) in [6.45, 7) is 0.147. The minimum Gasteiger partial charge on any atom is -0.399 e. The first kappa shape index (κ1) is 14.2. The number of nitrogens with two attached hydrogens (primary N) is 1. The van der Waals surface area contributed by atoms with Gasteiger partial charge in [0.15, 0.2) is 4.90 Å². The van der Waals surface area contributed by atoms with Crippen LogP contribution in [0.4, 0.5) is 11.4 Å². The van der Waals surface area contributed by atoms with Gasteiger partial charge in [0.25, 0.3) is 5.69 Å². The number of nitrogens with one attached hydrogen (secondary N) is 2. The first-order valence-electron chi connectivity index (χ1n) is 5.62. The van der Waals surface area contributed by atoms with E-state index in [2.05, 4.69) is 10.0 Å². The molecule has 1 saturated heterocycles. The molecule has 10 heteroatoms. The maximum absolute atomic E-state index is 12.2. The third-order valence-corrected chi connectivity index (χ3v) is 4.32. The number of nitro benzene ring substituents is 1. The number of amides is 1. The Bertz CT molecular complexity index is 672. The maximum Gasteiger partial charge on any atom is 0.289 e. The third-order valence-electron chi connectivity index (χ3n) is 2.77. The molecule has 1 aromatic carbocycles. The van der Waals surface area contributed by atoms with Gasteiger partial charge in [0.1, 0.15) is 0 Å². The van der Waals surface area contributed by atoms with Crippen molar-refractivity contribution < 1.29 is 18.1 Å². The van der Waals surface area contributed by atoms with Gasteiger partial charge < -0.3 is 11.1 Å². The van der Waals surface area contributed by atoms with Gasteiger partial charge in [-0.1, -0.05) is 0 Å². The van der Waals surface area contributed by atoms with Crippen LogP contribution in [0, 0.1) is 10.1 Å². The van der Waals surface area contributed by atoms with Gasteiger partial charge in [0, 0.05) is 30.8 Å².